The number of nitrogens with one attached hydrogen (secondary N) is 4. The fourth-order valence-electron chi connectivity index (χ4n) is 8.14. The summed E-state index contributed by atoms with van der Waals surface area (Å²) >= 11 is 1.26. The van der Waals surface area contributed by atoms with Gasteiger partial charge in [0.1, 0.15) is 17.8 Å². The molecule has 4 aromatic rings. The number of rotatable bonds is 11. The van der Waals surface area contributed by atoms with Crippen LogP contribution in [0.25, 0.3) is 21.1 Å². The van der Waals surface area contributed by atoms with Gasteiger partial charge in [-0.2, -0.15) is 0 Å². The fourth-order valence-corrected chi connectivity index (χ4v) is 9.10. The number of nitrogens with zero attached hydrogens (tertiary/aromatic N) is 2. The number of piperidine rings is 1. The van der Waals surface area contributed by atoms with E-state index in [2.05, 4.69) is 39.8 Å². The first-order valence-corrected chi connectivity index (χ1v) is 18.3. The van der Waals surface area contributed by atoms with E-state index < -0.39 is 30.0 Å². The van der Waals surface area contributed by atoms with Gasteiger partial charge in [-0.1, -0.05) is 52.0 Å². The smallest absolute Gasteiger partial charge is 0.268 e. The molecule has 2 saturated heterocycles. The molecule has 0 unspecified atom stereocenters. The third-order valence-corrected chi connectivity index (χ3v) is 12.1. The van der Waals surface area contributed by atoms with Crippen molar-refractivity contribution in [2.75, 3.05) is 13.1 Å². The Hall–Kier alpha value is -4.58. The topological polar surface area (TPSA) is 153 Å². The minimum atomic E-state index is -0.994. The molecule has 6 atom stereocenters. The average molecular weight is 697 g/mol. The highest BCUT2D eigenvalue weighted by Crippen LogP contribution is 2.65. The summed E-state index contributed by atoms with van der Waals surface area (Å²) in [5.74, 6) is -1.95. The molecule has 3 aliphatic rings. The van der Waals surface area contributed by atoms with Gasteiger partial charge in [0.05, 0.1) is 16.3 Å². The van der Waals surface area contributed by atoms with Crippen molar-refractivity contribution in [3.63, 3.8) is 0 Å². The van der Waals surface area contributed by atoms with E-state index in [1.807, 2.05) is 63.2 Å². The van der Waals surface area contributed by atoms with Crippen LogP contribution in [-0.4, -0.2) is 75.5 Å². The highest BCUT2D eigenvalue weighted by molar-refractivity contribution is 7.20. The van der Waals surface area contributed by atoms with Crippen molar-refractivity contribution in [2.24, 2.45) is 29.1 Å². The molecule has 4 heterocycles. The lowest BCUT2D eigenvalue weighted by Crippen LogP contribution is -2.58. The second-order valence-corrected chi connectivity index (χ2v) is 16.2. The van der Waals surface area contributed by atoms with Gasteiger partial charge in [-0.05, 0) is 79.2 Å². The lowest BCUT2D eigenvalue weighted by atomic mass is 9.94. The van der Waals surface area contributed by atoms with Crippen LogP contribution in [0.1, 0.15) is 72.8 Å². The number of para-hydroxylation sites is 1. The van der Waals surface area contributed by atoms with E-state index in [1.54, 1.807) is 11.0 Å². The molecule has 262 valence electrons. The van der Waals surface area contributed by atoms with Crippen LogP contribution in [0.15, 0.2) is 48.5 Å². The van der Waals surface area contributed by atoms with Gasteiger partial charge in [-0.15, -0.1) is 11.3 Å². The number of carbonyl (C=O) groups excluding carboxylic acids is 5. The number of hydrogen-bond donors (Lipinski definition) is 4. The van der Waals surface area contributed by atoms with Crippen molar-refractivity contribution in [3.05, 3.63) is 64.8 Å². The summed E-state index contributed by atoms with van der Waals surface area (Å²) in [5, 5.41) is 10.0. The number of aryl methyl sites for hydroxylation is 1. The Kier molecular flexibility index (Phi) is 8.78. The van der Waals surface area contributed by atoms with Crippen molar-refractivity contribution < 1.29 is 24.0 Å². The lowest BCUT2D eigenvalue weighted by molar-refractivity contribution is -0.142. The molecule has 0 radical (unpaired) electrons. The zero-order valence-corrected chi connectivity index (χ0v) is 29.9. The van der Waals surface area contributed by atoms with Crippen molar-refractivity contribution in [2.45, 2.75) is 72.0 Å². The third-order valence-electron chi connectivity index (χ3n) is 11.0. The number of hydrogen-bond acceptors (Lipinski definition) is 7. The van der Waals surface area contributed by atoms with Gasteiger partial charge < -0.3 is 25.8 Å². The molecule has 1 saturated carbocycles. The second kappa shape index (κ2) is 12.9. The Morgan fingerprint density at radius 2 is 1.84 bits per heavy atom. The normalized spacial score (nSPS) is 23.5. The summed E-state index contributed by atoms with van der Waals surface area (Å²) in [6.45, 7) is 11.1. The number of ketones is 1. The van der Waals surface area contributed by atoms with Crippen molar-refractivity contribution in [1.82, 2.24) is 30.8 Å². The summed E-state index contributed by atoms with van der Waals surface area (Å²) in [4.78, 5) is 78.4. The maximum Gasteiger partial charge on any atom is 0.268 e. The minimum Gasteiger partial charge on any atom is -0.356 e. The van der Waals surface area contributed by atoms with Crippen LogP contribution in [-0.2, 0) is 14.4 Å². The highest BCUT2D eigenvalue weighted by atomic mass is 32.1. The van der Waals surface area contributed by atoms with Crippen LogP contribution in [0.3, 0.4) is 0 Å². The monoisotopic (exact) mass is 696 g/mol. The number of fused-ring (bicyclic) bond motifs is 3. The van der Waals surface area contributed by atoms with E-state index in [0.717, 1.165) is 21.2 Å². The fraction of sp³-hybridized carbons (Fsp3) is 0.474. The van der Waals surface area contributed by atoms with Gasteiger partial charge in [-0.3, -0.25) is 24.0 Å². The molecule has 2 aromatic heterocycles. The molecular formula is C38H44N6O5S. The number of aromatic nitrogens is 2. The number of carbonyl (C=O) groups is 5. The number of aromatic amines is 1. The number of thiazole rings is 1. The molecule has 4 N–H and O–H groups in total. The van der Waals surface area contributed by atoms with Gasteiger partial charge in [-0.25, -0.2) is 4.98 Å². The van der Waals surface area contributed by atoms with Crippen molar-refractivity contribution in [1.29, 1.82) is 0 Å². The van der Waals surface area contributed by atoms with Crippen LogP contribution in [0.2, 0.25) is 0 Å². The first-order chi connectivity index (χ1) is 23.8. The number of H-pyrrole nitrogens is 1. The SMILES string of the molecule is Cc1cccc2[nH]c(C(=O)N[C@@H](CC(C)C)C(=O)N3C[C@H]4[C@@H]([C@H]3C(=O)N[C@@H](C[C@@H]3CCNC3=O)C(=O)c3nc5ccccc5s3)C4(C)C)cc12. The van der Waals surface area contributed by atoms with E-state index in [-0.39, 0.29) is 58.1 Å². The predicted molar refractivity (Wildman–Crippen MR) is 192 cm³/mol. The van der Waals surface area contributed by atoms with Crippen LogP contribution >= 0.6 is 11.3 Å². The zero-order chi connectivity index (χ0) is 35.5. The number of amides is 4. The maximum absolute atomic E-state index is 14.4. The van der Waals surface area contributed by atoms with Crippen molar-refractivity contribution in [3.8, 4) is 0 Å². The standard InChI is InChI=1S/C38H44N6O5S/c1-19(2)15-28(42-34(47)27-17-22-20(3)9-8-11-24(22)40-27)37(49)44-18-23-30(38(23,4)5)31(44)35(48)41-26(16-21-13-14-39-33(21)46)32(45)36-43-25-10-6-7-12-29(25)50-36/h6-12,17,19,21,23,26,28,30-31,40H,13-16,18H2,1-5H3,(H,39,46)(H,41,48)(H,42,47)/t21-,23-,26-,28-,30-,31-/m0/s1. The van der Waals surface area contributed by atoms with Gasteiger partial charge in [0.2, 0.25) is 23.5 Å². The zero-order valence-electron chi connectivity index (χ0n) is 29.0. The van der Waals surface area contributed by atoms with Gasteiger partial charge in [0, 0.05) is 29.9 Å². The van der Waals surface area contributed by atoms with Crippen LogP contribution in [0.5, 0.6) is 0 Å². The predicted octanol–water partition coefficient (Wildman–Crippen LogP) is 4.61. The summed E-state index contributed by atoms with van der Waals surface area (Å²) in [6.07, 6.45) is 1.10. The Morgan fingerprint density at radius 1 is 1.06 bits per heavy atom. The number of Topliss-reactive ketones (excluding diaryl/α,β-unsaturated/α-hetero) is 1. The highest BCUT2D eigenvalue weighted by Gasteiger charge is 2.69. The van der Waals surface area contributed by atoms with Gasteiger partial charge in [0.15, 0.2) is 5.01 Å². The van der Waals surface area contributed by atoms with Gasteiger partial charge in [0.25, 0.3) is 5.91 Å². The average Bonchev–Trinajstić information content (AvgIpc) is 3.73. The Bertz CT molecular complexity index is 1980. The van der Waals surface area contributed by atoms with Crippen LogP contribution in [0.4, 0.5) is 0 Å². The molecule has 0 spiro atoms. The quantitative estimate of drug-likeness (QED) is 0.168. The lowest BCUT2D eigenvalue weighted by Gasteiger charge is -2.34. The van der Waals surface area contributed by atoms with Crippen LogP contribution < -0.4 is 16.0 Å². The molecule has 2 aliphatic heterocycles. The molecule has 50 heavy (non-hydrogen) atoms. The second-order valence-electron chi connectivity index (χ2n) is 15.2. The minimum absolute atomic E-state index is 0.0865. The van der Waals surface area contributed by atoms with E-state index in [9.17, 15) is 24.0 Å². The van der Waals surface area contributed by atoms with E-state index in [4.69, 9.17) is 0 Å². The third kappa shape index (κ3) is 6.18. The van der Waals surface area contributed by atoms with E-state index >= 15 is 0 Å². The van der Waals surface area contributed by atoms with E-state index in [1.165, 1.54) is 11.3 Å². The molecule has 11 nitrogen and oxygen atoms in total. The van der Waals surface area contributed by atoms with Gasteiger partial charge >= 0.3 is 0 Å². The number of benzene rings is 2. The molecule has 2 aromatic carbocycles. The first-order valence-electron chi connectivity index (χ1n) is 17.5. The molecule has 12 heteroatoms. The Labute approximate surface area is 295 Å². The molecule has 7 rings (SSSR count). The van der Waals surface area contributed by atoms with Crippen LogP contribution in [0, 0.1) is 36.0 Å². The van der Waals surface area contributed by atoms with E-state index in [0.29, 0.717) is 37.1 Å². The summed E-state index contributed by atoms with van der Waals surface area (Å²) in [7, 11) is 0. The molecular weight excluding hydrogens is 653 g/mol. The summed E-state index contributed by atoms with van der Waals surface area (Å²) in [5.41, 5.74) is 2.76. The summed E-state index contributed by atoms with van der Waals surface area (Å²) in [6, 6.07) is 12.4. The Morgan fingerprint density at radius 3 is 2.54 bits per heavy atom. The molecule has 1 aliphatic carbocycles. The largest absolute Gasteiger partial charge is 0.356 e. The number of likely N-dealkylation sites (tertiary alicyclic amines) is 1. The molecule has 3 fully saturated rings. The first kappa shape index (κ1) is 33.9. The molecule has 0 bridgehead atoms. The summed E-state index contributed by atoms with van der Waals surface area (Å²) < 4.78 is 0.857. The van der Waals surface area contributed by atoms with Crippen molar-refractivity contribution >= 4 is 61.9 Å². The Balaban J connectivity index is 1.14. The molecule has 4 amide bonds. The maximum atomic E-state index is 14.4.